The number of nitriles is 1. The SMILES string of the molecule is CCN(Cc1ccc(C#N)cc1F)C(=O)CC1CCCN1. The summed E-state index contributed by atoms with van der Waals surface area (Å²) < 4.78 is 13.9. The largest absolute Gasteiger partial charge is 0.338 e. The van der Waals surface area contributed by atoms with Crippen LogP contribution in [-0.2, 0) is 11.3 Å². The summed E-state index contributed by atoms with van der Waals surface area (Å²) in [6, 6.07) is 6.53. The predicted molar refractivity (Wildman–Crippen MR) is 77.8 cm³/mol. The van der Waals surface area contributed by atoms with E-state index in [1.807, 2.05) is 13.0 Å². The molecule has 0 spiro atoms. The third-order valence-corrected chi connectivity index (χ3v) is 3.86. The number of carbonyl (C=O) groups excluding carboxylic acids is 1. The van der Waals surface area contributed by atoms with Gasteiger partial charge in [0.15, 0.2) is 0 Å². The molecule has 1 saturated heterocycles. The third-order valence-electron chi connectivity index (χ3n) is 3.86. The van der Waals surface area contributed by atoms with Gasteiger partial charge in [-0.2, -0.15) is 5.26 Å². The van der Waals surface area contributed by atoms with E-state index in [2.05, 4.69) is 5.32 Å². The van der Waals surface area contributed by atoms with Gasteiger partial charge in [-0.25, -0.2) is 4.39 Å². The zero-order valence-corrected chi connectivity index (χ0v) is 12.2. The first-order valence-electron chi connectivity index (χ1n) is 7.33. The van der Waals surface area contributed by atoms with Crippen molar-refractivity contribution in [3.8, 4) is 6.07 Å². The van der Waals surface area contributed by atoms with E-state index < -0.39 is 5.82 Å². The Hall–Kier alpha value is -1.93. The molecule has 0 aromatic heterocycles. The van der Waals surface area contributed by atoms with Crippen molar-refractivity contribution in [3.63, 3.8) is 0 Å². The number of rotatable bonds is 5. The van der Waals surface area contributed by atoms with Crippen LogP contribution in [0.2, 0.25) is 0 Å². The maximum Gasteiger partial charge on any atom is 0.224 e. The lowest BCUT2D eigenvalue weighted by atomic mass is 10.1. The van der Waals surface area contributed by atoms with Crippen LogP contribution in [-0.4, -0.2) is 29.9 Å². The Balaban J connectivity index is 2.01. The molecule has 4 nitrogen and oxygen atoms in total. The normalized spacial score (nSPS) is 17.5. The average molecular weight is 289 g/mol. The van der Waals surface area contributed by atoms with Crippen molar-refractivity contribution < 1.29 is 9.18 Å². The molecular formula is C16H20FN3O. The summed E-state index contributed by atoms with van der Waals surface area (Å²) in [6.45, 7) is 3.65. The van der Waals surface area contributed by atoms with Gasteiger partial charge in [-0.05, 0) is 38.4 Å². The molecule has 2 rings (SSSR count). The number of amides is 1. The number of benzene rings is 1. The lowest BCUT2D eigenvalue weighted by molar-refractivity contribution is -0.132. The monoisotopic (exact) mass is 289 g/mol. The fraction of sp³-hybridized carbons (Fsp3) is 0.500. The van der Waals surface area contributed by atoms with Gasteiger partial charge in [0.25, 0.3) is 0 Å². The van der Waals surface area contributed by atoms with E-state index in [4.69, 9.17) is 5.26 Å². The average Bonchev–Trinajstić information content (AvgIpc) is 2.98. The highest BCUT2D eigenvalue weighted by atomic mass is 19.1. The molecular weight excluding hydrogens is 269 g/mol. The quantitative estimate of drug-likeness (QED) is 0.904. The third kappa shape index (κ3) is 4.02. The van der Waals surface area contributed by atoms with Crippen LogP contribution in [0.15, 0.2) is 18.2 Å². The fourth-order valence-electron chi connectivity index (χ4n) is 2.60. The summed E-state index contributed by atoms with van der Waals surface area (Å²) in [5, 5.41) is 12.0. The van der Waals surface area contributed by atoms with Gasteiger partial charge < -0.3 is 10.2 Å². The smallest absolute Gasteiger partial charge is 0.224 e. The molecule has 1 heterocycles. The maximum atomic E-state index is 13.9. The summed E-state index contributed by atoms with van der Waals surface area (Å²) in [5.74, 6) is -0.389. The van der Waals surface area contributed by atoms with Crippen LogP contribution >= 0.6 is 0 Å². The first kappa shape index (κ1) is 15.5. The van der Waals surface area contributed by atoms with Gasteiger partial charge in [0.05, 0.1) is 11.6 Å². The Kier molecular flexibility index (Phi) is 5.29. The molecule has 5 heteroatoms. The molecule has 1 N–H and O–H groups in total. The number of hydrogen-bond donors (Lipinski definition) is 1. The van der Waals surface area contributed by atoms with Crippen molar-refractivity contribution in [1.29, 1.82) is 5.26 Å². The Labute approximate surface area is 124 Å². The van der Waals surface area contributed by atoms with E-state index in [-0.39, 0.29) is 18.5 Å². The van der Waals surface area contributed by atoms with Gasteiger partial charge in [-0.15, -0.1) is 0 Å². The van der Waals surface area contributed by atoms with Crippen molar-refractivity contribution in [1.82, 2.24) is 10.2 Å². The van der Waals surface area contributed by atoms with Crippen molar-refractivity contribution in [3.05, 3.63) is 35.1 Å². The molecule has 0 saturated carbocycles. The zero-order chi connectivity index (χ0) is 15.2. The van der Waals surface area contributed by atoms with Crippen molar-refractivity contribution in [2.45, 2.75) is 38.8 Å². The standard InChI is InChI=1S/C16H20FN3O/c1-2-20(16(21)9-14-4-3-7-19-14)11-13-6-5-12(10-18)8-15(13)17/h5-6,8,14,19H,2-4,7,9,11H2,1H3. The van der Waals surface area contributed by atoms with Crippen molar-refractivity contribution in [2.75, 3.05) is 13.1 Å². The van der Waals surface area contributed by atoms with E-state index in [9.17, 15) is 9.18 Å². The van der Waals surface area contributed by atoms with Crippen LogP contribution in [0.1, 0.15) is 37.3 Å². The second-order valence-corrected chi connectivity index (χ2v) is 5.32. The number of carbonyl (C=O) groups is 1. The summed E-state index contributed by atoms with van der Waals surface area (Å²) in [7, 11) is 0. The Morgan fingerprint density at radius 2 is 2.38 bits per heavy atom. The van der Waals surface area contributed by atoms with Crippen molar-refractivity contribution >= 4 is 5.91 Å². The minimum Gasteiger partial charge on any atom is -0.338 e. The van der Waals surface area contributed by atoms with Crippen LogP contribution in [0.3, 0.4) is 0 Å². The fourth-order valence-corrected chi connectivity index (χ4v) is 2.60. The summed E-state index contributed by atoms with van der Waals surface area (Å²) in [5.41, 5.74) is 0.740. The minimum atomic E-state index is -0.431. The van der Waals surface area contributed by atoms with Gasteiger partial charge in [0.1, 0.15) is 5.82 Å². The van der Waals surface area contributed by atoms with Crippen LogP contribution in [0.5, 0.6) is 0 Å². The number of nitrogens with zero attached hydrogens (tertiary/aromatic N) is 2. The summed E-state index contributed by atoms with van der Waals surface area (Å²) in [6.07, 6.45) is 2.59. The maximum absolute atomic E-state index is 13.9. The van der Waals surface area contributed by atoms with Crippen LogP contribution in [0, 0.1) is 17.1 Å². The van der Waals surface area contributed by atoms with Gasteiger partial charge in [-0.3, -0.25) is 4.79 Å². The molecule has 21 heavy (non-hydrogen) atoms. The number of halogens is 1. The Morgan fingerprint density at radius 3 is 2.95 bits per heavy atom. The second kappa shape index (κ2) is 7.19. The number of hydrogen-bond acceptors (Lipinski definition) is 3. The number of nitrogens with one attached hydrogen (secondary N) is 1. The van der Waals surface area contributed by atoms with E-state index in [1.165, 1.54) is 6.07 Å². The molecule has 1 aromatic carbocycles. The molecule has 1 unspecified atom stereocenters. The molecule has 1 fully saturated rings. The van der Waals surface area contributed by atoms with E-state index in [0.717, 1.165) is 19.4 Å². The molecule has 1 aliphatic rings. The highest BCUT2D eigenvalue weighted by Gasteiger charge is 2.21. The van der Waals surface area contributed by atoms with E-state index in [0.29, 0.717) is 24.1 Å². The zero-order valence-electron chi connectivity index (χ0n) is 12.2. The Bertz CT molecular complexity index is 547. The van der Waals surface area contributed by atoms with Gasteiger partial charge in [0, 0.05) is 31.1 Å². The minimum absolute atomic E-state index is 0.0423. The topological polar surface area (TPSA) is 56.1 Å². The first-order valence-corrected chi connectivity index (χ1v) is 7.33. The molecule has 0 radical (unpaired) electrons. The van der Waals surface area contributed by atoms with Crippen molar-refractivity contribution in [2.24, 2.45) is 0 Å². The lowest BCUT2D eigenvalue weighted by Crippen LogP contribution is -2.35. The molecule has 112 valence electrons. The molecule has 1 aliphatic heterocycles. The van der Waals surface area contributed by atoms with Gasteiger partial charge in [0.2, 0.25) is 5.91 Å². The van der Waals surface area contributed by atoms with Crippen LogP contribution in [0.4, 0.5) is 4.39 Å². The lowest BCUT2D eigenvalue weighted by Gasteiger charge is -2.23. The molecule has 1 atom stereocenters. The predicted octanol–water partition coefficient (Wildman–Crippen LogP) is 2.19. The molecule has 1 aromatic rings. The van der Waals surface area contributed by atoms with Crippen LogP contribution < -0.4 is 5.32 Å². The van der Waals surface area contributed by atoms with E-state index in [1.54, 1.807) is 17.0 Å². The van der Waals surface area contributed by atoms with E-state index >= 15 is 0 Å². The Morgan fingerprint density at radius 1 is 1.57 bits per heavy atom. The molecule has 1 amide bonds. The molecule has 0 bridgehead atoms. The summed E-state index contributed by atoms with van der Waals surface area (Å²) in [4.78, 5) is 13.9. The highest BCUT2D eigenvalue weighted by Crippen LogP contribution is 2.15. The highest BCUT2D eigenvalue weighted by molar-refractivity contribution is 5.76. The second-order valence-electron chi connectivity index (χ2n) is 5.32. The van der Waals surface area contributed by atoms with Gasteiger partial charge in [-0.1, -0.05) is 6.07 Å². The van der Waals surface area contributed by atoms with Crippen LogP contribution in [0.25, 0.3) is 0 Å². The van der Waals surface area contributed by atoms with Gasteiger partial charge >= 0.3 is 0 Å². The molecule has 0 aliphatic carbocycles. The first-order chi connectivity index (χ1) is 10.1. The summed E-state index contributed by atoms with van der Waals surface area (Å²) >= 11 is 0.